The molecule has 0 radical (unpaired) electrons. The molecule has 0 rings (SSSR count). The molecule has 0 saturated heterocycles. The van der Waals surface area contributed by atoms with E-state index in [0.717, 1.165) is 0 Å². The quantitative estimate of drug-likeness (QED) is 0.537. The number of terminal acetylenes is 1. The molecular weight excluding hydrogens is 206 g/mol. The number of rotatable bonds is 5. The van der Waals surface area contributed by atoms with E-state index in [1.165, 1.54) is 0 Å². The fraction of sp³-hybridized carbons (Fsp3) is 0.636. The van der Waals surface area contributed by atoms with Crippen molar-refractivity contribution in [3.8, 4) is 12.3 Å². The van der Waals surface area contributed by atoms with Gasteiger partial charge in [0.25, 0.3) is 0 Å². The number of nitrogens with one attached hydrogen (secondary N) is 2. The zero-order valence-corrected chi connectivity index (χ0v) is 9.91. The van der Waals surface area contributed by atoms with Crippen molar-refractivity contribution in [3.63, 3.8) is 0 Å². The summed E-state index contributed by atoms with van der Waals surface area (Å²) in [5.74, 6) is 1.73. The Bertz CT molecular complexity index is 294. The fourth-order valence-electron chi connectivity index (χ4n) is 0.922. The van der Waals surface area contributed by atoms with Crippen molar-refractivity contribution in [1.29, 1.82) is 0 Å². The van der Waals surface area contributed by atoms with Gasteiger partial charge >= 0.3 is 0 Å². The van der Waals surface area contributed by atoms with Crippen LogP contribution in [0.5, 0.6) is 0 Å². The highest BCUT2D eigenvalue weighted by Crippen LogP contribution is 1.97. The molecule has 0 spiro atoms. The third-order valence-electron chi connectivity index (χ3n) is 2.07. The predicted octanol–water partition coefficient (Wildman–Crippen LogP) is -0.776. The van der Waals surface area contributed by atoms with Gasteiger partial charge in [0.1, 0.15) is 0 Å². The Morgan fingerprint density at radius 1 is 1.38 bits per heavy atom. The molecule has 5 heteroatoms. The zero-order valence-electron chi connectivity index (χ0n) is 9.91. The van der Waals surface area contributed by atoms with Crippen LogP contribution < -0.4 is 16.4 Å². The highest BCUT2D eigenvalue weighted by atomic mass is 16.2. The summed E-state index contributed by atoms with van der Waals surface area (Å²) in [7, 11) is 0. The molecule has 90 valence electrons. The lowest BCUT2D eigenvalue weighted by atomic mass is 10.1. The first-order valence-electron chi connectivity index (χ1n) is 5.17. The Balaban J connectivity index is 3.94. The molecule has 5 nitrogen and oxygen atoms in total. The molecule has 0 aliphatic heterocycles. The van der Waals surface area contributed by atoms with Crippen LogP contribution in [0.25, 0.3) is 0 Å². The summed E-state index contributed by atoms with van der Waals surface area (Å²) in [6.45, 7) is 5.25. The van der Waals surface area contributed by atoms with Crippen LogP contribution in [0.15, 0.2) is 0 Å². The number of amides is 2. The SMILES string of the molecule is C#CC(C)NC(=O)CNC(=O)[C@@H](N)C(C)C. The molecule has 16 heavy (non-hydrogen) atoms. The summed E-state index contributed by atoms with van der Waals surface area (Å²) < 4.78 is 0. The fourth-order valence-corrected chi connectivity index (χ4v) is 0.922. The normalized spacial score (nSPS) is 13.8. The van der Waals surface area contributed by atoms with Crippen LogP contribution in [0.4, 0.5) is 0 Å². The third kappa shape index (κ3) is 5.37. The van der Waals surface area contributed by atoms with Crippen LogP contribution in [-0.4, -0.2) is 30.4 Å². The van der Waals surface area contributed by atoms with E-state index in [2.05, 4.69) is 16.6 Å². The second kappa shape index (κ2) is 6.85. The maximum absolute atomic E-state index is 11.4. The topological polar surface area (TPSA) is 84.2 Å². The lowest BCUT2D eigenvalue weighted by Gasteiger charge is -2.15. The molecule has 0 aliphatic rings. The summed E-state index contributed by atoms with van der Waals surface area (Å²) in [4.78, 5) is 22.6. The maximum Gasteiger partial charge on any atom is 0.240 e. The van der Waals surface area contributed by atoms with Gasteiger partial charge in [0, 0.05) is 0 Å². The molecule has 2 amide bonds. The number of nitrogens with two attached hydrogens (primary N) is 1. The Morgan fingerprint density at radius 2 is 1.94 bits per heavy atom. The van der Waals surface area contributed by atoms with Gasteiger partial charge in [0.2, 0.25) is 11.8 Å². The number of carbonyl (C=O) groups is 2. The maximum atomic E-state index is 11.4. The molecule has 0 saturated carbocycles. The van der Waals surface area contributed by atoms with Crippen LogP contribution in [0.1, 0.15) is 20.8 Å². The van der Waals surface area contributed by atoms with Crippen LogP contribution >= 0.6 is 0 Å². The van der Waals surface area contributed by atoms with Gasteiger partial charge in [-0.05, 0) is 12.8 Å². The summed E-state index contributed by atoms with van der Waals surface area (Å²) in [6.07, 6.45) is 5.09. The molecule has 0 aromatic rings. The van der Waals surface area contributed by atoms with Crippen LogP contribution in [0, 0.1) is 18.3 Å². The monoisotopic (exact) mass is 225 g/mol. The van der Waals surface area contributed by atoms with E-state index >= 15 is 0 Å². The minimum atomic E-state index is -0.599. The van der Waals surface area contributed by atoms with Crippen LogP contribution in [0.2, 0.25) is 0 Å². The Kier molecular flexibility index (Phi) is 6.19. The van der Waals surface area contributed by atoms with Crippen molar-refractivity contribution in [2.45, 2.75) is 32.9 Å². The van der Waals surface area contributed by atoms with Crippen molar-refractivity contribution in [1.82, 2.24) is 10.6 Å². The summed E-state index contributed by atoms with van der Waals surface area (Å²) in [5.41, 5.74) is 5.60. The third-order valence-corrected chi connectivity index (χ3v) is 2.07. The van der Waals surface area contributed by atoms with Gasteiger partial charge in [0.05, 0.1) is 18.6 Å². The zero-order chi connectivity index (χ0) is 12.7. The van der Waals surface area contributed by atoms with Gasteiger partial charge < -0.3 is 16.4 Å². The van der Waals surface area contributed by atoms with Gasteiger partial charge in [-0.25, -0.2) is 0 Å². The number of carbonyl (C=O) groups excluding carboxylic acids is 2. The van der Waals surface area contributed by atoms with Gasteiger partial charge in [-0.15, -0.1) is 6.42 Å². The number of hydrogen-bond acceptors (Lipinski definition) is 3. The smallest absolute Gasteiger partial charge is 0.240 e. The van der Waals surface area contributed by atoms with E-state index in [9.17, 15) is 9.59 Å². The minimum absolute atomic E-state index is 0.0349. The van der Waals surface area contributed by atoms with Crippen molar-refractivity contribution in [2.24, 2.45) is 11.7 Å². The first-order valence-corrected chi connectivity index (χ1v) is 5.17. The second-order valence-electron chi connectivity index (χ2n) is 3.94. The first-order chi connectivity index (χ1) is 7.38. The molecule has 0 aromatic carbocycles. The van der Waals surface area contributed by atoms with E-state index in [0.29, 0.717) is 0 Å². The van der Waals surface area contributed by atoms with Crippen LogP contribution in [0.3, 0.4) is 0 Å². The number of hydrogen-bond donors (Lipinski definition) is 3. The Hall–Kier alpha value is -1.54. The molecule has 2 atom stereocenters. The van der Waals surface area contributed by atoms with Gasteiger partial charge in [0.15, 0.2) is 0 Å². The largest absolute Gasteiger partial charge is 0.346 e. The lowest BCUT2D eigenvalue weighted by Crippen LogP contribution is -2.48. The predicted molar refractivity (Wildman–Crippen MR) is 62.3 cm³/mol. The lowest BCUT2D eigenvalue weighted by molar-refractivity contribution is -0.127. The van der Waals surface area contributed by atoms with Crippen molar-refractivity contribution < 1.29 is 9.59 Å². The van der Waals surface area contributed by atoms with Crippen LogP contribution in [-0.2, 0) is 9.59 Å². The summed E-state index contributed by atoms with van der Waals surface area (Å²) in [5, 5.41) is 4.97. The highest BCUT2D eigenvalue weighted by molar-refractivity contribution is 5.87. The molecule has 1 unspecified atom stereocenters. The molecule has 4 N–H and O–H groups in total. The minimum Gasteiger partial charge on any atom is -0.346 e. The van der Waals surface area contributed by atoms with Gasteiger partial charge in [-0.2, -0.15) is 0 Å². The Labute approximate surface area is 96.2 Å². The van der Waals surface area contributed by atoms with E-state index in [-0.39, 0.29) is 30.3 Å². The van der Waals surface area contributed by atoms with Gasteiger partial charge in [-0.3, -0.25) is 9.59 Å². The average Bonchev–Trinajstić information content (AvgIpc) is 2.24. The van der Waals surface area contributed by atoms with E-state index in [1.807, 2.05) is 13.8 Å². The molecule has 0 aliphatic carbocycles. The van der Waals surface area contributed by atoms with Crippen molar-refractivity contribution in [3.05, 3.63) is 0 Å². The first kappa shape index (κ1) is 14.5. The highest BCUT2D eigenvalue weighted by Gasteiger charge is 2.17. The average molecular weight is 225 g/mol. The standard InChI is InChI=1S/C11H19N3O2/c1-5-8(4)14-9(15)6-13-11(16)10(12)7(2)3/h1,7-8,10H,6,12H2,2-4H3,(H,13,16)(H,14,15)/t8?,10-/m0/s1. The molecule has 0 bridgehead atoms. The van der Waals surface area contributed by atoms with E-state index in [1.54, 1.807) is 6.92 Å². The Morgan fingerprint density at radius 3 is 2.38 bits per heavy atom. The summed E-state index contributed by atoms with van der Waals surface area (Å²) in [6, 6.07) is -0.943. The molecule has 0 fully saturated rings. The van der Waals surface area contributed by atoms with Crippen molar-refractivity contribution in [2.75, 3.05) is 6.54 Å². The molecular formula is C11H19N3O2. The van der Waals surface area contributed by atoms with E-state index < -0.39 is 6.04 Å². The van der Waals surface area contributed by atoms with E-state index in [4.69, 9.17) is 12.2 Å². The van der Waals surface area contributed by atoms with Gasteiger partial charge in [-0.1, -0.05) is 19.8 Å². The molecule has 0 heterocycles. The van der Waals surface area contributed by atoms with Crippen molar-refractivity contribution >= 4 is 11.8 Å². The molecule has 0 aromatic heterocycles. The summed E-state index contributed by atoms with van der Waals surface area (Å²) >= 11 is 0. The second-order valence-corrected chi connectivity index (χ2v) is 3.94.